The average Bonchev–Trinajstić information content (AvgIpc) is 3.36. The van der Waals surface area contributed by atoms with Crippen LogP contribution in [-0.2, 0) is 12.4 Å². The minimum absolute atomic E-state index is 0.140. The van der Waals surface area contributed by atoms with E-state index in [4.69, 9.17) is 9.26 Å². The summed E-state index contributed by atoms with van der Waals surface area (Å²) in [5, 5.41) is 8.89. The molecular weight excluding hydrogens is 369 g/mol. The summed E-state index contributed by atoms with van der Waals surface area (Å²) in [6.07, 6.45) is 1.66. The van der Waals surface area contributed by atoms with Crippen molar-refractivity contribution in [1.82, 2.24) is 24.9 Å². The van der Waals surface area contributed by atoms with E-state index in [0.717, 1.165) is 5.69 Å². The Morgan fingerprint density at radius 1 is 1.07 bits per heavy atom. The lowest BCUT2D eigenvalue weighted by Crippen LogP contribution is -1.97. The smallest absolute Gasteiger partial charge is 0.237 e. The maximum atomic E-state index is 12.9. The van der Waals surface area contributed by atoms with Gasteiger partial charge in [0.1, 0.15) is 17.9 Å². The van der Waals surface area contributed by atoms with Gasteiger partial charge in [-0.3, -0.25) is 0 Å². The monoisotopic (exact) mass is 383 g/mol. The van der Waals surface area contributed by atoms with E-state index in [1.807, 2.05) is 30.3 Å². The molecule has 2 aromatic heterocycles. The Morgan fingerprint density at radius 3 is 2.70 bits per heavy atom. The van der Waals surface area contributed by atoms with Gasteiger partial charge < -0.3 is 9.26 Å². The number of para-hydroxylation sites is 1. The van der Waals surface area contributed by atoms with Crippen molar-refractivity contribution >= 4 is 11.8 Å². The number of halogens is 1. The molecule has 0 radical (unpaired) electrons. The highest BCUT2D eigenvalue weighted by Crippen LogP contribution is 2.19. The Morgan fingerprint density at radius 2 is 1.89 bits per heavy atom. The van der Waals surface area contributed by atoms with E-state index < -0.39 is 0 Å². The lowest BCUT2D eigenvalue weighted by atomic mass is 10.3. The average molecular weight is 383 g/mol. The number of benzene rings is 2. The highest BCUT2D eigenvalue weighted by Gasteiger charge is 2.10. The maximum Gasteiger partial charge on any atom is 0.237 e. The van der Waals surface area contributed by atoms with Crippen molar-refractivity contribution in [3.05, 3.63) is 78.5 Å². The van der Waals surface area contributed by atoms with Crippen LogP contribution in [0, 0.1) is 5.82 Å². The van der Waals surface area contributed by atoms with Crippen LogP contribution in [0.5, 0.6) is 5.75 Å². The molecule has 0 aliphatic carbocycles. The molecule has 0 aliphatic rings. The molecule has 0 bridgehead atoms. The molecule has 7 nitrogen and oxygen atoms in total. The van der Waals surface area contributed by atoms with Crippen LogP contribution in [0.25, 0.3) is 5.69 Å². The van der Waals surface area contributed by atoms with Crippen LogP contribution in [0.1, 0.15) is 11.7 Å². The molecule has 136 valence electrons. The van der Waals surface area contributed by atoms with Gasteiger partial charge in [-0.2, -0.15) is 4.98 Å². The maximum absolute atomic E-state index is 12.9. The van der Waals surface area contributed by atoms with Gasteiger partial charge in [-0.1, -0.05) is 35.1 Å². The largest absolute Gasteiger partial charge is 0.485 e. The minimum Gasteiger partial charge on any atom is -0.485 e. The molecule has 0 amide bonds. The molecule has 2 heterocycles. The third-order valence-corrected chi connectivity index (χ3v) is 4.34. The first-order chi connectivity index (χ1) is 13.3. The van der Waals surface area contributed by atoms with Gasteiger partial charge >= 0.3 is 0 Å². The molecule has 9 heteroatoms. The van der Waals surface area contributed by atoms with Gasteiger partial charge in [0.15, 0.2) is 6.61 Å². The van der Waals surface area contributed by atoms with Gasteiger partial charge in [0.25, 0.3) is 0 Å². The van der Waals surface area contributed by atoms with Crippen molar-refractivity contribution in [2.75, 3.05) is 0 Å². The second-order valence-electron chi connectivity index (χ2n) is 5.44. The molecule has 0 aliphatic heterocycles. The quantitative estimate of drug-likeness (QED) is 0.451. The van der Waals surface area contributed by atoms with Crippen LogP contribution in [0.4, 0.5) is 4.39 Å². The van der Waals surface area contributed by atoms with Gasteiger partial charge in [0.2, 0.25) is 16.9 Å². The Kier molecular flexibility index (Phi) is 5.10. The van der Waals surface area contributed by atoms with E-state index in [0.29, 0.717) is 28.4 Å². The summed E-state index contributed by atoms with van der Waals surface area (Å²) in [5.74, 6) is 1.53. The molecule has 0 unspecified atom stereocenters. The summed E-state index contributed by atoms with van der Waals surface area (Å²) >= 11 is 1.40. The molecule has 0 N–H and O–H groups in total. The van der Waals surface area contributed by atoms with E-state index in [1.54, 1.807) is 23.1 Å². The van der Waals surface area contributed by atoms with Crippen LogP contribution in [0.3, 0.4) is 0 Å². The van der Waals surface area contributed by atoms with E-state index >= 15 is 0 Å². The van der Waals surface area contributed by atoms with E-state index in [1.165, 1.54) is 23.9 Å². The fraction of sp³-hybridized carbons (Fsp3) is 0.111. The minimum atomic E-state index is -0.315. The molecule has 27 heavy (non-hydrogen) atoms. The van der Waals surface area contributed by atoms with Crippen LogP contribution in [0.2, 0.25) is 0 Å². The molecule has 2 aromatic carbocycles. The predicted molar refractivity (Wildman–Crippen MR) is 96.0 cm³/mol. The van der Waals surface area contributed by atoms with Gasteiger partial charge in [-0.05, 0) is 36.4 Å². The second kappa shape index (κ2) is 8.00. The van der Waals surface area contributed by atoms with Crippen LogP contribution in [-0.4, -0.2) is 24.9 Å². The molecule has 0 fully saturated rings. The Bertz CT molecular complexity index is 1000. The second-order valence-corrected chi connectivity index (χ2v) is 6.39. The van der Waals surface area contributed by atoms with Crippen LogP contribution >= 0.6 is 11.8 Å². The topological polar surface area (TPSA) is 78.9 Å². The zero-order valence-corrected chi connectivity index (χ0v) is 14.8. The summed E-state index contributed by atoms with van der Waals surface area (Å²) in [6, 6.07) is 15.5. The van der Waals surface area contributed by atoms with Gasteiger partial charge in [0, 0.05) is 0 Å². The molecule has 4 aromatic rings. The number of ether oxygens (including phenoxy) is 1. The SMILES string of the molecule is Fc1ccc(OCc2noc(CSc3ncn(-c4ccccc4)n3)n2)cc1. The Balaban J connectivity index is 1.31. The van der Waals surface area contributed by atoms with Crippen molar-refractivity contribution in [1.29, 1.82) is 0 Å². The van der Waals surface area contributed by atoms with Gasteiger partial charge in [-0.15, -0.1) is 5.10 Å². The lowest BCUT2D eigenvalue weighted by molar-refractivity contribution is 0.285. The normalized spacial score (nSPS) is 10.9. The molecule has 0 saturated heterocycles. The van der Waals surface area contributed by atoms with Crippen molar-refractivity contribution in [3.8, 4) is 11.4 Å². The van der Waals surface area contributed by atoms with E-state index in [9.17, 15) is 4.39 Å². The van der Waals surface area contributed by atoms with Crippen molar-refractivity contribution < 1.29 is 13.7 Å². The Hall–Kier alpha value is -3.20. The molecule has 0 spiro atoms. The highest BCUT2D eigenvalue weighted by atomic mass is 32.2. The third-order valence-electron chi connectivity index (χ3n) is 3.51. The molecule has 0 atom stereocenters. The zero-order valence-electron chi connectivity index (χ0n) is 14.0. The number of aromatic nitrogens is 5. The first-order valence-electron chi connectivity index (χ1n) is 8.06. The van der Waals surface area contributed by atoms with E-state index in [-0.39, 0.29) is 12.4 Å². The van der Waals surface area contributed by atoms with Crippen LogP contribution in [0.15, 0.2) is 70.6 Å². The summed E-state index contributed by atoms with van der Waals surface area (Å²) < 4.78 is 25.3. The van der Waals surface area contributed by atoms with E-state index in [2.05, 4.69) is 20.2 Å². The zero-order chi connectivity index (χ0) is 18.5. The number of rotatable bonds is 7. The highest BCUT2D eigenvalue weighted by molar-refractivity contribution is 7.98. The van der Waals surface area contributed by atoms with Gasteiger partial charge in [0.05, 0.1) is 11.4 Å². The fourth-order valence-electron chi connectivity index (χ4n) is 2.23. The third kappa shape index (κ3) is 4.50. The summed E-state index contributed by atoms with van der Waals surface area (Å²) in [7, 11) is 0. The lowest BCUT2D eigenvalue weighted by Gasteiger charge is -2.01. The van der Waals surface area contributed by atoms with Crippen molar-refractivity contribution in [3.63, 3.8) is 0 Å². The summed E-state index contributed by atoms with van der Waals surface area (Å²) in [4.78, 5) is 8.53. The van der Waals surface area contributed by atoms with Crippen molar-refractivity contribution in [2.45, 2.75) is 17.5 Å². The van der Waals surface area contributed by atoms with Crippen molar-refractivity contribution in [2.24, 2.45) is 0 Å². The molecular formula is C18H14FN5O2S. The molecule has 4 rings (SSSR count). The summed E-state index contributed by atoms with van der Waals surface area (Å²) in [5.41, 5.74) is 0.940. The standard InChI is InChI=1S/C18H14FN5O2S/c19-13-6-8-15(9-7-13)25-10-16-21-17(26-23-16)11-27-18-20-12-24(22-18)14-4-2-1-3-5-14/h1-9,12H,10-11H2. The number of nitrogens with zero attached hydrogens (tertiary/aromatic N) is 5. The molecule has 0 saturated carbocycles. The van der Waals surface area contributed by atoms with Gasteiger partial charge in [-0.25, -0.2) is 14.1 Å². The predicted octanol–water partition coefficient (Wildman–Crippen LogP) is 3.66. The number of hydrogen-bond acceptors (Lipinski definition) is 7. The first-order valence-corrected chi connectivity index (χ1v) is 9.04. The Labute approximate surface area is 158 Å². The van der Waals surface area contributed by atoms with Crippen LogP contribution < -0.4 is 4.74 Å². The summed E-state index contributed by atoms with van der Waals surface area (Å²) in [6.45, 7) is 0.140. The number of thioether (sulfide) groups is 1. The first kappa shape index (κ1) is 17.2. The fourth-order valence-corrected chi connectivity index (χ4v) is 2.87. The number of hydrogen-bond donors (Lipinski definition) is 0.